The molecule has 4 nitrogen and oxygen atoms in total. The second kappa shape index (κ2) is 3.75. The van der Waals surface area contributed by atoms with E-state index in [4.69, 9.17) is 10.2 Å². The van der Waals surface area contributed by atoms with Gasteiger partial charge in [-0.05, 0) is 12.1 Å². The number of nitrogens with zero attached hydrogens (tertiary/aromatic N) is 2. The van der Waals surface area contributed by atoms with Gasteiger partial charge in [0.1, 0.15) is 5.52 Å². The maximum atomic E-state index is 5.61. The lowest BCUT2D eigenvalue weighted by Crippen LogP contribution is -2.08. The zero-order valence-corrected chi connectivity index (χ0v) is 8.84. The Balaban J connectivity index is 0.000000980. The van der Waals surface area contributed by atoms with Crippen LogP contribution in [0.5, 0.6) is 0 Å². The molecular formula is C9H12ClN3O. The molecule has 76 valence electrons. The van der Waals surface area contributed by atoms with Crippen LogP contribution in [-0.4, -0.2) is 19.1 Å². The number of nitrogen functional groups attached to an aromatic ring is 1. The van der Waals surface area contributed by atoms with Crippen LogP contribution in [0.3, 0.4) is 0 Å². The predicted octanol–water partition coefficient (Wildman–Crippen LogP) is 1.90. The Morgan fingerprint density at radius 1 is 1.36 bits per heavy atom. The van der Waals surface area contributed by atoms with Crippen molar-refractivity contribution in [1.29, 1.82) is 0 Å². The molecule has 14 heavy (non-hydrogen) atoms. The minimum atomic E-state index is 0. The highest BCUT2D eigenvalue weighted by Gasteiger charge is 2.06. The van der Waals surface area contributed by atoms with Crippen molar-refractivity contribution < 1.29 is 4.42 Å². The molecule has 2 N–H and O–H groups in total. The summed E-state index contributed by atoms with van der Waals surface area (Å²) in [6.07, 6.45) is 0. The molecule has 1 heterocycles. The largest absolute Gasteiger partial charge is 0.423 e. The van der Waals surface area contributed by atoms with Crippen LogP contribution in [-0.2, 0) is 0 Å². The zero-order valence-electron chi connectivity index (χ0n) is 8.02. The Bertz CT molecular complexity index is 439. The fourth-order valence-electron chi connectivity index (χ4n) is 1.12. The van der Waals surface area contributed by atoms with Crippen molar-refractivity contribution in [3.8, 4) is 0 Å². The molecule has 1 aromatic heterocycles. The van der Waals surface area contributed by atoms with Gasteiger partial charge in [-0.15, -0.1) is 12.4 Å². The first-order valence-electron chi connectivity index (χ1n) is 4.00. The summed E-state index contributed by atoms with van der Waals surface area (Å²) < 4.78 is 5.45. The van der Waals surface area contributed by atoms with E-state index in [1.54, 1.807) is 6.07 Å². The average molecular weight is 214 g/mol. The fourth-order valence-corrected chi connectivity index (χ4v) is 1.12. The van der Waals surface area contributed by atoms with Crippen LogP contribution in [0, 0.1) is 0 Å². The van der Waals surface area contributed by atoms with Crippen LogP contribution in [0.4, 0.5) is 11.7 Å². The monoisotopic (exact) mass is 213 g/mol. The maximum absolute atomic E-state index is 5.61. The molecular weight excluding hydrogens is 202 g/mol. The molecule has 0 aliphatic rings. The summed E-state index contributed by atoms with van der Waals surface area (Å²) in [6.45, 7) is 0. The number of rotatable bonds is 1. The topological polar surface area (TPSA) is 55.3 Å². The van der Waals surface area contributed by atoms with E-state index in [1.165, 1.54) is 0 Å². The van der Waals surface area contributed by atoms with Crippen LogP contribution >= 0.6 is 12.4 Å². The zero-order chi connectivity index (χ0) is 9.42. The number of fused-ring (bicyclic) bond motifs is 1. The van der Waals surface area contributed by atoms with Gasteiger partial charge in [0.05, 0.1) is 0 Å². The molecule has 2 rings (SSSR count). The van der Waals surface area contributed by atoms with Crippen molar-refractivity contribution in [2.75, 3.05) is 24.7 Å². The first-order chi connectivity index (χ1) is 6.16. The lowest BCUT2D eigenvalue weighted by Gasteiger charge is -2.03. The van der Waals surface area contributed by atoms with Gasteiger partial charge >= 0.3 is 0 Å². The average Bonchev–Trinajstić information content (AvgIpc) is 2.46. The Hall–Kier alpha value is -1.42. The molecule has 0 aliphatic heterocycles. The highest BCUT2D eigenvalue weighted by Crippen LogP contribution is 2.22. The van der Waals surface area contributed by atoms with Crippen molar-refractivity contribution in [3.63, 3.8) is 0 Å². The van der Waals surface area contributed by atoms with Crippen molar-refractivity contribution >= 4 is 35.2 Å². The highest BCUT2D eigenvalue weighted by molar-refractivity contribution is 5.85. The molecule has 0 unspecified atom stereocenters. The van der Waals surface area contributed by atoms with Gasteiger partial charge < -0.3 is 15.1 Å². The standard InChI is InChI=1S/C9H11N3O.ClH/c1-12(2)9-11-7-4-3-6(10)5-8(7)13-9;/h3-5H,10H2,1-2H3;1H. The lowest BCUT2D eigenvalue weighted by molar-refractivity contribution is 0.597. The summed E-state index contributed by atoms with van der Waals surface area (Å²) in [5, 5.41) is 0. The predicted molar refractivity (Wildman–Crippen MR) is 60.0 cm³/mol. The first-order valence-corrected chi connectivity index (χ1v) is 4.00. The summed E-state index contributed by atoms with van der Waals surface area (Å²) >= 11 is 0. The van der Waals surface area contributed by atoms with E-state index in [2.05, 4.69) is 4.98 Å². The third-order valence-corrected chi connectivity index (χ3v) is 1.78. The first kappa shape index (κ1) is 10.7. The summed E-state index contributed by atoms with van der Waals surface area (Å²) in [5.41, 5.74) is 7.85. The van der Waals surface area contributed by atoms with E-state index in [0.29, 0.717) is 11.7 Å². The van der Waals surface area contributed by atoms with Crippen LogP contribution in [0.2, 0.25) is 0 Å². The molecule has 5 heteroatoms. The SMILES string of the molecule is CN(C)c1nc2ccc(N)cc2o1.Cl. The molecule has 0 saturated carbocycles. The Morgan fingerprint density at radius 3 is 2.71 bits per heavy atom. The van der Waals surface area contributed by atoms with Crippen molar-refractivity contribution in [2.24, 2.45) is 0 Å². The third-order valence-electron chi connectivity index (χ3n) is 1.78. The molecule has 0 fully saturated rings. The molecule has 0 radical (unpaired) electrons. The Morgan fingerprint density at radius 2 is 2.07 bits per heavy atom. The molecule has 2 aromatic rings. The van der Waals surface area contributed by atoms with Crippen LogP contribution in [0.25, 0.3) is 11.1 Å². The molecule has 0 bridgehead atoms. The van der Waals surface area contributed by atoms with Crippen LogP contribution < -0.4 is 10.6 Å². The summed E-state index contributed by atoms with van der Waals surface area (Å²) in [5.74, 6) is 0. The van der Waals surface area contributed by atoms with E-state index in [-0.39, 0.29) is 12.4 Å². The fraction of sp³-hybridized carbons (Fsp3) is 0.222. The van der Waals surface area contributed by atoms with Crippen molar-refractivity contribution in [2.45, 2.75) is 0 Å². The molecule has 0 saturated heterocycles. The molecule has 0 atom stereocenters. The van der Waals surface area contributed by atoms with E-state index < -0.39 is 0 Å². The van der Waals surface area contributed by atoms with Gasteiger partial charge in [0, 0.05) is 25.8 Å². The van der Waals surface area contributed by atoms with E-state index in [0.717, 1.165) is 11.1 Å². The molecule has 0 spiro atoms. The van der Waals surface area contributed by atoms with Gasteiger partial charge in [0.2, 0.25) is 0 Å². The van der Waals surface area contributed by atoms with E-state index >= 15 is 0 Å². The number of oxazole rings is 1. The molecule has 0 amide bonds. The van der Waals surface area contributed by atoms with Gasteiger partial charge in [-0.2, -0.15) is 4.98 Å². The minimum Gasteiger partial charge on any atom is -0.423 e. The number of hydrogen-bond donors (Lipinski definition) is 1. The molecule has 1 aromatic carbocycles. The number of anilines is 2. The van der Waals surface area contributed by atoms with Crippen LogP contribution in [0.1, 0.15) is 0 Å². The minimum absolute atomic E-state index is 0. The number of halogens is 1. The van der Waals surface area contributed by atoms with Gasteiger partial charge in [0.25, 0.3) is 6.01 Å². The van der Waals surface area contributed by atoms with E-state index in [9.17, 15) is 0 Å². The summed E-state index contributed by atoms with van der Waals surface area (Å²) in [7, 11) is 3.77. The Labute approximate surface area is 88.1 Å². The van der Waals surface area contributed by atoms with Gasteiger partial charge in [-0.1, -0.05) is 0 Å². The second-order valence-electron chi connectivity index (χ2n) is 3.12. The number of hydrogen-bond acceptors (Lipinski definition) is 4. The summed E-state index contributed by atoms with van der Waals surface area (Å²) in [6, 6.07) is 6.03. The smallest absolute Gasteiger partial charge is 0.297 e. The third kappa shape index (κ3) is 1.75. The number of aromatic nitrogens is 1. The van der Waals surface area contributed by atoms with Crippen molar-refractivity contribution in [3.05, 3.63) is 18.2 Å². The second-order valence-corrected chi connectivity index (χ2v) is 3.12. The van der Waals surface area contributed by atoms with Crippen molar-refractivity contribution in [1.82, 2.24) is 4.98 Å². The van der Waals surface area contributed by atoms with Gasteiger partial charge in [-0.25, -0.2) is 0 Å². The number of nitrogens with two attached hydrogens (primary N) is 1. The normalized spacial score (nSPS) is 9.86. The Kier molecular flexibility index (Phi) is 2.86. The summed E-state index contributed by atoms with van der Waals surface area (Å²) in [4.78, 5) is 6.07. The lowest BCUT2D eigenvalue weighted by atomic mass is 10.3. The van der Waals surface area contributed by atoms with Crippen LogP contribution in [0.15, 0.2) is 22.6 Å². The molecule has 0 aliphatic carbocycles. The van der Waals surface area contributed by atoms with Gasteiger partial charge in [0.15, 0.2) is 5.58 Å². The quantitative estimate of drug-likeness (QED) is 0.736. The van der Waals surface area contributed by atoms with Gasteiger partial charge in [-0.3, -0.25) is 0 Å². The maximum Gasteiger partial charge on any atom is 0.297 e. The highest BCUT2D eigenvalue weighted by atomic mass is 35.5. The van der Waals surface area contributed by atoms with E-state index in [1.807, 2.05) is 31.1 Å². The number of benzene rings is 1.